The van der Waals surface area contributed by atoms with Gasteiger partial charge in [0.25, 0.3) is 0 Å². The number of nitrogens with zero attached hydrogens (tertiary/aromatic N) is 1. The van der Waals surface area contributed by atoms with E-state index in [0.29, 0.717) is 13.0 Å². The van der Waals surface area contributed by atoms with Crippen molar-refractivity contribution in [1.29, 1.82) is 0 Å². The van der Waals surface area contributed by atoms with Crippen molar-refractivity contribution in [3.63, 3.8) is 0 Å². The molecule has 2 atom stereocenters. The predicted octanol–water partition coefficient (Wildman–Crippen LogP) is 0.00860. The van der Waals surface area contributed by atoms with Gasteiger partial charge < -0.3 is 10.6 Å². The molecule has 4 amide bonds. The van der Waals surface area contributed by atoms with Crippen LogP contribution in [0.15, 0.2) is 0 Å². The van der Waals surface area contributed by atoms with Gasteiger partial charge in [-0.05, 0) is 52.4 Å². The van der Waals surface area contributed by atoms with Crippen LogP contribution >= 0.6 is 0 Å². The molecule has 34 heavy (non-hydrogen) atoms. The highest BCUT2D eigenvalue weighted by Crippen LogP contribution is 2.52. The maximum Gasteiger partial charge on any atom is 0.522 e. The number of Topliss-reactive ketones (excluding diaryl/α,β-unsaturated/α-hetero) is 1. The van der Waals surface area contributed by atoms with Crippen molar-refractivity contribution in [2.24, 2.45) is 11.8 Å². The second kappa shape index (κ2) is 9.25. The summed E-state index contributed by atoms with van der Waals surface area (Å²) in [4.78, 5) is 63.8. The van der Waals surface area contributed by atoms with E-state index in [-0.39, 0.29) is 37.6 Å². The Labute approximate surface area is 194 Å². The van der Waals surface area contributed by atoms with Gasteiger partial charge in [-0.3, -0.25) is 38.9 Å². The SMILES string of the molecule is CC(C)(C)NC(=O)C(=O)NC(=O)C12CC(CN1[C@@H](C[C@@H]1CCNC1=O)C(=O)COC(F)(F)F)C2. The molecule has 10 nitrogen and oxygen atoms in total. The fourth-order valence-corrected chi connectivity index (χ4v) is 4.95. The summed E-state index contributed by atoms with van der Waals surface area (Å²) in [7, 11) is 0. The topological polar surface area (TPSA) is 134 Å². The molecule has 1 saturated carbocycles. The van der Waals surface area contributed by atoms with Crippen LogP contribution in [-0.2, 0) is 28.7 Å². The third-order valence-corrected chi connectivity index (χ3v) is 6.40. The molecule has 0 aromatic carbocycles. The van der Waals surface area contributed by atoms with Crippen LogP contribution in [0.4, 0.5) is 13.2 Å². The van der Waals surface area contributed by atoms with Crippen molar-refractivity contribution < 1.29 is 41.9 Å². The zero-order chi connectivity index (χ0) is 25.5. The first kappa shape index (κ1) is 26.1. The smallest absolute Gasteiger partial charge is 0.356 e. The van der Waals surface area contributed by atoms with Crippen LogP contribution in [0, 0.1) is 11.8 Å². The number of halogens is 3. The largest absolute Gasteiger partial charge is 0.522 e. The van der Waals surface area contributed by atoms with E-state index in [1.807, 2.05) is 0 Å². The minimum Gasteiger partial charge on any atom is -0.356 e. The van der Waals surface area contributed by atoms with Gasteiger partial charge in [-0.2, -0.15) is 0 Å². The second-order valence-corrected chi connectivity index (χ2v) is 10.2. The molecule has 13 heteroatoms. The normalized spacial score (nSPS) is 27.5. The first-order valence-electron chi connectivity index (χ1n) is 11.1. The van der Waals surface area contributed by atoms with Crippen LogP contribution < -0.4 is 16.0 Å². The number of nitrogens with one attached hydrogen (secondary N) is 3. The number of hydrogen-bond donors (Lipinski definition) is 3. The first-order valence-corrected chi connectivity index (χ1v) is 11.1. The van der Waals surface area contributed by atoms with Crippen LogP contribution in [0.3, 0.4) is 0 Å². The van der Waals surface area contributed by atoms with E-state index in [1.165, 1.54) is 4.90 Å². The number of carbonyl (C=O) groups excluding carboxylic acids is 5. The van der Waals surface area contributed by atoms with E-state index in [4.69, 9.17) is 0 Å². The number of rotatable bonds is 7. The minimum atomic E-state index is -5.01. The predicted molar refractivity (Wildman–Crippen MR) is 110 cm³/mol. The average molecular weight is 490 g/mol. The van der Waals surface area contributed by atoms with Crippen LogP contribution in [0.1, 0.15) is 46.5 Å². The van der Waals surface area contributed by atoms with Crippen LogP contribution in [-0.4, -0.2) is 77.5 Å². The molecule has 0 aromatic rings. The zero-order valence-electron chi connectivity index (χ0n) is 19.2. The van der Waals surface area contributed by atoms with Gasteiger partial charge in [-0.1, -0.05) is 0 Å². The Hall–Kier alpha value is -2.54. The number of fused-ring (bicyclic) bond motifs is 1. The second-order valence-electron chi connectivity index (χ2n) is 10.2. The lowest BCUT2D eigenvalue weighted by atomic mass is 9.72. The van der Waals surface area contributed by atoms with Gasteiger partial charge in [-0.25, -0.2) is 0 Å². The number of imide groups is 1. The molecule has 1 aliphatic carbocycles. The van der Waals surface area contributed by atoms with Crippen LogP contribution in [0.5, 0.6) is 0 Å². The average Bonchev–Trinajstić information content (AvgIpc) is 3.35. The van der Waals surface area contributed by atoms with Crippen molar-refractivity contribution in [2.45, 2.75) is 69.9 Å². The summed E-state index contributed by atoms with van der Waals surface area (Å²) in [6.45, 7) is 4.35. The summed E-state index contributed by atoms with van der Waals surface area (Å²) in [6.07, 6.45) is -4.11. The Bertz CT molecular complexity index is 879. The number of carbonyl (C=O) groups is 5. The third-order valence-electron chi connectivity index (χ3n) is 6.40. The van der Waals surface area contributed by atoms with Crippen molar-refractivity contribution in [2.75, 3.05) is 19.7 Å². The quantitative estimate of drug-likeness (QED) is 0.428. The number of alkyl halides is 3. The summed E-state index contributed by atoms with van der Waals surface area (Å²) in [5.41, 5.74) is -2.04. The molecule has 0 unspecified atom stereocenters. The molecule has 3 saturated heterocycles. The zero-order valence-corrected chi connectivity index (χ0v) is 19.2. The molecule has 0 aromatic heterocycles. The Morgan fingerprint density at radius 1 is 1.18 bits per heavy atom. The van der Waals surface area contributed by atoms with Crippen molar-refractivity contribution >= 4 is 29.4 Å². The Morgan fingerprint density at radius 2 is 1.82 bits per heavy atom. The Kier molecular flexibility index (Phi) is 7.09. The van der Waals surface area contributed by atoms with E-state index in [2.05, 4.69) is 20.7 Å². The lowest BCUT2D eigenvalue weighted by molar-refractivity contribution is -0.321. The lowest BCUT2D eigenvalue weighted by Crippen LogP contribution is -2.63. The van der Waals surface area contributed by atoms with Gasteiger partial charge in [0.05, 0.1) is 6.04 Å². The van der Waals surface area contributed by atoms with E-state index in [1.54, 1.807) is 20.8 Å². The molecule has 3 N–H and O–H groups in total. The standard InChI is InChI=1S/C21H29F3N4O6/c1-19(2,3)27-17(32)16(31)26-18(33)20-7-11(8-20)9-28(20)13(6-12-4-5-25-15(12)30)14(29)10-34-21(22,23)24/h11-13H,4-10H2,1-3H3,(H,25,30)(H,27,32)(H,26,31,33)/t11?,12-,13-,20?/m0/s1. The molecule has 4 aliphatic rings. The van der Waals surface area contributed by atoms with Gasteiger partial charge in [0.15, 0.2) is 5.78 Å². The molecule has 0 radical (unpaired) electrons. The molecular formula is C21H29F3N4O6. The molecule has 4 rings (SSSR count). The maximum absolute atomic E-state index is 13.1. The molecular weight excluding hydrogens is 461 g/mol. The van der Waals surface area contributed by atoms with Gasteiger partial charge in [0.2, 0.25) is 11.8 Å². The van der Waals surface area contributed by atoms with Gasteiger partial charge in [-0.15, -0.1) is 13.2 Å². The van der Waals surface area contributed by atoms with Crippen LogP contribution in [0.2, 0.25) is 0 Å². The highest BCUT2D eigenvalue weighted by atomic mass is 19.4. The fraction of sp³-hybridized carbons (Fsp3) is 0.762. The highest BCUT2D eigenvalue weighted by molar-refractivity contribution is 6.38. The molecule has 3 heterocycles. The number of ketones is 1. The molecule has 3 aliphatic heterocycles. The molecule has 2 bridgehead atoms. The summed E-state index contributed by atoms with van der Waals surface area (Å²) < 4.78 is 41.4. The van der Waals surface area contributed by atoms with Crippen molar-refractivity contribution in [3.8, 4) is 0 Å². The number of hydrogen-bond acceptors (Lipinski definition) is 7. The summed E-state index contributed by atoms with van der Waals surface area (Å²) in [5.74, 6) is -4.78. The van der Waals surface area contributed by atoms with Gasteiger partial charge in [0, 0.05) is 24.5 Å². The van der Waals surface area contributed by atoms with Gasteiger partial charge in [0.1, 0.15) is 12.1 Å². The molecule has 4 fully saturated rings. The van der Waals surface area contributed by atoms with Gasteiger partial charge >= 0.3 is 18.2 Å². The van der Waals surface area contributed by atoms with Crippen LogP contribution in [0.25, 0.3) is 0 Å². The highest BCUT2D eigenvalue weighted by Gasteiger charge is 2.63. The number of ether oxygens (including phenoxy) is 1. The summed E-state index contributed by atoms with van der Waals surface area (Å²) in [5, 5.41) is 7.13. The van der Waals surface area contributed by atoms with E-state index in [9.17, 15) is 37.1 Å². The Morgan fingerprint density at radius 3 is 2.35 bits per heavy atom. The summed E-state index contributed by atoms with van der Waals surface area (Å²) >= 11 is 0. The Balaban J connectivity index is 1.77. The molecule has 190 valence electrons. The first-order chi connectivity index (χ1) is 15.6. The minimum absolute atomic E-state index is 0.000456. The lowest BCUT2D eigenvalue weighted by Gasteiger charge is -2.43. The van der Waals surface area contributed by atoms with Crippen molar-refractivity contribution in [3.05, 3.63) is 0 Å². The molecule has 0 spiro atoms. The maximum atomic E-state index is 13.1. The summed E-state index contributed by atoms with van der Waals surface area (Å²) in [6, 6.07) is -1.19. The third kappa shape index (κ3) is 5.74. The number of amides is 4. The van der Waals surface area contributed by atoms with E-state index >= 15 is 0 Å². The fourth-order valence-electron chi connectivity index (χ4n) is 4.95. The van der Waals surface area contributed by atoms with E-state index < -0.39 is 59.5 Å². The monoisotopic (exact) mass is 490 g/mol. The van der Waals surface area contributed by atoms with E-state index in [0.717, 1.165) is 0 Å². The van der Waals surface area contributed by atoms with Crippen molar-refractivity contribution in [1.82, 2.24) is 20.9 Å².